The number of nitrogens with one attached hydrogen (secondary N) is 1. The molecular formula is C29H27ClF2N2O3. The zero-order valence-electron chi connectivity index (χ0n) is 20.3. The van der Waals surface area contributed by atoms with Crippen LogP contribution in [-0.4, -0.2) is 29.7 Å². The van der Waals surface area contributed by atoms with Crippen LogP contribution in [-0.2, 0) is 18.4 Å². The Morgan fingerprint density at radius 2 is 1.95 bits per heavy atom. The summed E-state index contributed by atoms with van der Waals surface area (Å²) in [5, 5.41) is 13.4. The van der Waals surface area contributed by atoms with Gasteiger partial charge in [-0.1, -0.05) is 48.9 Å². The molecule has 0 unspecified atom stereocenters. The van der Waals surface area contributed by atoms with Gasteiger partial charge in [0.2, 0.25) is 5.91 Å². The molecule has 3 aliphatic rings. The van der Waals surface area contributed by atoms with Crippen molar-refractivity contribution >= 4 is 17.5 Å². The van der Waals surface area contributed by atoms with Crippen LogP contribution in [0.2, 0.25) is 5.02 Å². The number of fused-ring (bicyclic) bond motifs is 2. The quantitative estimate of drug-likeness (QED) is 0.449. The minimum Gasteiger partial charge on any atom is -0.480 e. The molecule has 0 bridgehead atoms. The Labute approximate surface area is 218 Å². The zero-order valence-corrected chi connectivity index (χ0v) is 21.0. The minimum atomic E-state index is -0.901. The molecule has 3 aromatic rings. The first-order chi connectivity index (χ1) is 17.7. The van der Waals surface area contributed by atoms with E-state index >= 15 is 8.78 Å². The Morgan fingerprint density at radius 3 is 2.62 bits per heavy atom. The van der Waals surface area contributed by atoms with E-state index in [1.165, 1.54) is 12.1 Å². The van der Waals surface area contributed by atoms with Gasteiger partial charge in [0, 0.05) is 35.1 Å². The van der Waals surface area contributed by atoms with Gasteiger partial charge >= 0.3 is 0 Å². The molecule has 0 radical (unpaired) electrons. The van der Waals surface area contributed by atoms with Gasteiger partial charge in [0.15, 0.2) is 5.60 Å². The molecule has 1 amide bonds. The summed E-state index contributed by atoms with van der Waals surface area (Å²) in [5.41, 5.74) is 6.91. The second-order valence-electron chi connectivity index (χ2n) is 10.3. The number of hydrogen-bond acceptors (Lipinski definition) is 4. The van der Waals surface area contributed by atoms with Gasteiger partial charge in [-0.3, -0.25) is 4.79 Å². The van der Waals surface area contributed by atoms with Crippen LogP contribution in [0, 0.1) is 11.6 Å². The summed E-state index contributed by atoms with van der Waals surface area (Å²) in [6.45, 7) is 2.79. The van der Waals surface area contributed by atoms with Gasteiger partial charge in [-0.2, -0.15) is 0 Å². The lowest BCUT2D eigenvalue weighted by atomic mass is 9.73. The summed E-state index contributed by atoms with van der Waals surface area (Å²) in [6.07, 6.45) is 1.34. The number of nitrogens with two attached hydrogens (primary N) is 1. The summed E-state index contributed by atoms with van der Waals surface area (Å²) < 4.78 is 38.3. The van der Waals surface area contributed by atoms with Crippen molar-refractivity contribution in [3.63, 3.8) is 0 Å². The number of primary amides is 1. The van der Waals surface area contributed by atoms with Crippen molar-refractivity contribution in [1.82, 2.24) is 5.32 Å². The van der Waals surface area contributed by atoms with Gasteiger partial charge in [0.05, 0.1) is 22.7 Å². The number of amides is 1. The minimum absolute atomic E-state index is 0.0791. The van der Waals surface area contributed by atoms with E-state index in [1.54, 1.807) is 0 Å². The van der Waals surface area contributed by atoms with Gasteiger partial charge < -0.3 is 20.9 Å². The van der Waals surface area contributed by atoms with Crippen LogP contribution in [0.1, 0.15) is 58.3 Å². The molecule has 5 nitrogen and oxygen atoms in total. The van der Waals surface area contributed by atoms with Crippen molar-refractivity contribution in [2.45, 2.75) is 56.3 Å². The van der Waals surface area contributed by atoms with Crippen LogP contribution >= 0.6 is 11.6 Å². The molecule has 37 heavy (non-hydrogen) atoms. The number of hydrogen-bond donors (Lipinski definition) is 3. The van der Waals surface area contributed by atoms with Crippen molar-refractivity contribution in [3.05, 3.63) is 86.9 Å². The first-order valence-electron chi connectivity index (χ1n) is 12.6. The van der Waals surface area contributed by atoms with Crippen LogP contribution in [0.5, 0.6) is 5.75 Å². The first-order valence-corrected chi connectivity index (χ1v) is 12.9. The molecule has 4 N–H and O–H groups in total. The van der Waals surface area contributed by atoms with Crippen molar-refractivity contribution in [2.24, 2.45) is 5.73 Å². The van der Waals surface area contributed by atoms with Gasteiger partial charge in [0.25, 0.3) is 0 Å². The second kappa shape index (κ2) is 8.79. The lowest BCUT2D eigenvalue weighted by Gasteiger charge is -2.39. The number of aliphatic hydroxyl groups excluding tert-OH is 1. The largest absolute Gasteiger partial charge is 0.480 e. The molecule has 1 fully saturated rings. The SMILES string of the molecule is C[C@H]1c2c(cc(F)c(Cl)c2-c2c(C(N)=O)cc3c(c2F)C[C@H](O)C3)O[C@@]1(c1ccccc1)[C@@H]1CCCN1. The van der Waals surface area contributed by atoms with Gasteiger partial charge in [-0.05, 0) is 48.6 Å². The number of benzene rings is 3. The van der Waals surface area contributed by atoms with Gasteiger partial charge in [-0.25, -0.2) is 8.78 Å². The van der Waals surface area contributed by atoms with E-state index in [2.05, 4.69) is 5.32 Å². The molecule has 6 rings (SSSR count). The van der Waals surface area contributed by atoms with E-state index in [0.717, 1.165) is 24.9 Å². The summed E-state index contributed by atoms with van der Waals surface area (Å²) in [6, 6.07) is 12.4. The average Bonchev–Trinajstić information content (AvgIpc) is 3.60. The number of carbonyl (C=O) groups excluding carboxylic acids is 1. The topological polar surface area (TPSA) is 84.6 Å². The molecule has 2 aliphatic heterocycles. The molecule has 4 atom stereocenters. The van der Waals surface area contributed by atoms with E-state index in [-0.39, 0.29) is 52.3 Å². The summed E-state index contributed by atoms with van der Waals surface area (Å²) in [5.74, 6) is -2.46. The number of carbonyl (C=O) groups is 1. The lowest BCUT2D eigenvalue weighted by molar-refractivity contribution is 0.0333. The maximum absolute atomic E-state index is 16.2. The highest BCUT2D eigenvalue weighted by atomic mass is 35.5. The Hall–Kier alpha value is -3.00. The number of halogens is 3. The fourth-order valence-electron chi connectivity index (χ4n) is 6.64. The number of ether oxygens (including phenoxy) is 1. The maximum Gasteiger partial charge on any atom is 0.249 e. The van der Waals surface area contributed by atoms with Crippen molar-refractivity contribution < 1.29 is 23.4 Å². The highest BCUT2D eigenvalue weighted by Gasteiger charge is 2.55. The third-order valence-electron chi connectivity index (χ3n) is 8.25. The standard InChI is InChI=1S/C29H27ClF2N2O3/c1-14-23-21(37-29(14,22-8-5-9-34-22)16-6-3-2-4-7-16)13-20(31)26(30)25(23)24-19(28(33)36)11-15-10-17(35)12-18(15)27(24)32/h2-4,6-7,11,13-14,17,22,34-35H,5,8-10,12H2,1H3,(H2,33,36)/t14-,17+,22-,29-/m0/s1. The summed E-state index contributed by atoms with van der Waals surface area (Å²) >= 11 is 6.59. The number of rotatable bonds is 4. The lowest BCUT2D eigenvalue weighted by Crippen LogP contribution is -2.50. The van der Waals surface area contributed by atoms with Gasteiger partial charge in [0.1, 0.15) is 17.4 Å². The molecule has 1 aliphatic carbocycles. The molecule has 0 spiro atoms. The van der Waals surface area contributed by atoms with Crippen LogP contribution in [0.4, 0.5) is 8.78 Å². The van der Waals surface area contributed by atoms with Crippen molar-refractivity contribution in [1.29, 1.82) is 0 Å². The smallest absolute Gasteiger partial charge is 0.249 e. The van der Waals surface area contributed by atoms with Crippen LogP contribution < -0.4 is 15.8 Å². The highest BCUT2D eigenvalue weighted by Crippen LogP contribution is 2.58. The third kappa shape index (κ3) is 3.51. The summed E-state index contributed by atoms with van der Waals surface area (Å²) in [4.78, 5) is 12.6. The van der Waals surface area contributed by atoms with Crippen LogP contribution in [0.25, 0.3) is 11.1 Å². The monoisotopic (exact) mass is 524 g/mol. The predicted octanol–water partition coefficient (Wildman–Crippen LogP) is 4.99. The molecule has 2 heterocycles. The average molecular weight is 525 g/mol. The first kappa shape index (κ1) is 24.3. The van der Waals surface area contributed by atoms with Crippen molar-refractivity contribution in [3.8, 4) is 16.9 Å². The second-order valence-corrected chi connectivity index (χ2v) is 10.6. The van der Waals surface area contributed by atoms with E-state index in [4.69, 9.17) is 22.1 Å². The molecule has 3 aromatic carbocycles. The molecular weight excluding hydrogens is 498 g/mol. The Bertz CT molecular complexity index is 1420. The maximum atomic E-state index is 16.2. The van der Waals surface area contributed by atoms with Crippen LogP contribution in [0.3, 0.4) is 0 Å². The van der Waals surface area contributed by atoms with E-state index in [9.17, 15) is 9.90 Å². The summed E-state index contributed by atoms with van der Waals surface area (Å²) in [7, 11) is 0. The van der Waals surface area contributed by atoms with E-state index in [0.29, 0.717) is 16.7 Å². The fourth-order valence-corrected chi connectivity index (χ4v) is 6.89. The Morgan fingerprint density at radius 1 is 1.19 bits per heavy atom. The third-order valence-corrected chi connectivity index (χ3v) is 8.62. The fraction of sp³-hybridized carbons (Fsp3) is 0.345. The van der Waals surface area contributed by atoms with Crippen LogP contribution in [0.15, 0.2) is 42.5 Å². The molecule has 0 saturated carbocycles. The molecule has 8 heteroatoms. The van der Waals surface area contributed by atoms with Gasteiger partial charge in [-0.15, -0.1) is 0 Å². The zero-order chi connectivity index (χ0) is 26.1. The Balaban J connectivity index is 1.64. The number of aliphatic hydroxyl groups is 1. The molecule has 1 saturated heterocycles. The Kier molecular flexibility index (Phi) is 5.78. The van der Waals surface area contributed by atoms with E-state index < -0.39 is 29.2 Å². The normalized spacial score (nSPS) is 26.1. The van der Waals surface area contributed by atoms with Crippen molar-refractivity contribution in [2.75, 3.05) is 6.54 Å². The highest BCUT2D eigenvalue weighted by molar-refractivity contribution is 6.34. The molecule has 192 valence electrons. The predicted molar refractivity (Wildman–Crippen MR) is 137 cm³/mol. The molecule has 0 aromatic heterocycles. The van der Waals surface area contributed by atoms with E-state index in [1.807, 2.05) is 37.3 Å².